The van der Waals surface area contributed by atoms with Crippen LogP contribution in [0.5, 0.6) is 0 Å². The van der Waals surface area contributed by atoms with E-state index in [1.165, 1.54) is 0 Å². The summed E-state index contributed by atoms with van der Waals surface area (Å²) in [7, 11) is 0. The van der Waals surface area contributed by atoms with Gasteiger partial charge in [0.15, 0.2) is 0 Å². The van der Waals surface area contributed by atoms with Crippen molar-refractivity contribution in [3.05, 3.63) is 29.3 Å². The lowest BCUT2D eigenvalue weighted by atomic mass is 9.71. The van der Waals surface area contributed by atoms with Crippen molar-refractivity contribution in [2.75, 3.05) is 24.5 Å². The van der Waals surface area contributed by atoms with Crippen LogP contribution in [0.1, 0.15) is 63.6 Å². The number of fused-ring (bicyclic) bond motifs is 2. The van der Waals surface area contributed by atoms with Crippen LogP contribution in [0.2, 0.25) is 0 Å². The third-order valence-corrected chi connectivity index (χ3v) is 8.23. The number of likely N-dealkylation sites (tertiary alicyclic amines) is 1. The molecule has 1 unspecified atom stereocenters. The number of carbonyl (C=O) groups excluding carboxylic acids is 4. The Morgan fingerprint density at radius 3 is 2.49 bits per heavy atom. The standard InChI is InChI=1S/C26H32N4O5/c1-25(2,3)35-24(34)29-13-16(14-11-27-12-14)21(29)15-5-4-6-17-20(15)26(9-10-26)23(33)30(17)18-7-8-19(31)28-22(18)32/h4-6,14,16,18,21,27H,7-13H2,1-3H3,(H,28,31,32)/t16?,18-,21+/m1/s1. The van der Waals surface area contributed by atoms with Gasteiger partial charge in [0.2, 0.25) is 17.7 Å². The van der Waals surface area contributed by atoms with Crippen LogP contribution >= 0.6 is 0 Å². The minimum Gasteiger partial charge on any atom is -0.444 e. The molecule has 9 nitrogen and oxygen atoms in total. The van der Waals surface area contributed by atoms with Crippen molar-refractivity contribution in [3.63, 3.8) is 0 Å². The van der Waals surface area contributed by atoms with E-state index in [0.717, 1.165) is 42.7 Å². The van der Waals surface area contributed by atoms with Crippen LogP contribution in [-0.4, -0.2) is 60.0 Å². The van der Waals surface area contributed by atoms with Crippen molar-refractivity contribution in [1.29, 1.82) is 0 Å². The number of nitrogens with one attached hydrogen (secondary N) is 2. The first-order chi connectivity index (χ1) is 16.6. The molecule has 1 aromatic rings. The molecule has 6 rings (SSSR count). The summed E-state index contributed by atoms with van der Waals surface area (Å²) < 4.78 is 5.73. The van der Waals surface area contributed by atoms with Crippen molar-refractivity contribution in [2.45, 2.75) is 69.6 Å². The fourth-order valence-electron chi connectivity index (χ4n) is 6.26. The minimum absolute atomic E-state index is 0.0561. The maximum atomic E-state index is 13.8. The summed E-state index contributed by atoms with van der Waals surface area (Å²) in [6, 6.07) is 5.01. The average molecular weight is 481 g/mol. The molecule has 0 bridgehead atoms. The monoisotopic (exact) mass is 480 g/mol. The molecule has 4 fully saturated rings. The molecule has 0 radical (unpaired) electrons. The van der Waals surface area contributed by atoms with Gasteiger partial charge < -0.3 is 15.0 Å². The highest BCUT2D eigenvalue weighted by atomic mass is 16.6. The van der Waals surface area contributed by atoms with Crippen molar-refractivity contribution in [3.8, 4) is 0 Å². The molecule has 186 valence electrons. The van der Waals surface area contributed by atoms with Crippen LogP contribution < -0.4 is 15.5 Å². The molecule has 4 heterocycles. The number of ether oxygens (including phenoxy) is 1. The zero-order chi connectivity index (χ0) is 24.7. The Labute approximate surface area is 204 Å². The number of anilines is 1. The molecule has 1 spiro atoms. The van der Waals surface area contributed by atoms with Gasteiger partial charge in [0.1, 0.15) is 11.6 Å². The third kappa shape index (κ3) is 3.38. The lowest BCUT2D eigenvalue weighted by molar-refractivity contribution is -0.135. The fourth-order valence-corrected chi connectivity index (χ4v) is 6.26. The Balaban J connectivity index is 1.40. The molecule has 9 heteroatoms. The largest absolute Gasteiger partial charge is 0.444 e. The summed E-state index contributed by atoms with van der Waals surface area (Å²) in [5.74, 6) is -0.0215. The van der Waals surface area contributed by atoms with Gasteiger partial charge in [-0.25, -0.2) is 4.79 Å². The van der Waals surface area contributed by atoms with E-state index in [-0.39, 0.29) is 36.3 Å². The van der Waals surface area contributed by atoms with Gasteiger partial charge in [-0.05, 0) is 76.2 Å². The Morgan fingerprint density at radius 2 is 1.89 bits per heavy atom. The lowest BCUT2D eigenvalue weighted by Crippen LogP contribution is -2.61. The van der Waals surface area contributed by atoms with Gasteiger partial charge in [0.25, 0.3) is 0 Å². The zero-order valence-electron chi connectivity index (χ0n) is 20.4. The van der Waals surface area contributed by atoms with E-state index in [4.69, 9.17) is 4.74 Å². The maximum absolute atomic E-state index is 13.8. The Bertz CT molecular complexity index is 1130. The molecule has 1 aromatic carbocycles. The number of hydrogen-bond acceptors (Lipinski definition) is 6. The highest BCUT2D eigenvalue weighted by Crippen LogP contribution is 2.61. The van der Waals surface area contributed by atoms with Gasteiger partial charge in [-0.15, -0.1) is 0 Å². The molecule has 35 heavy (non-hydrogen) atoms. The molecule has 4 aliphatic heterocycles. The average Bonchev–Trinajstić information content (AvgIpc) is 3.47. The van der Waals surface area contributed by atoms with Crippen LogP contribution in [0.3, 0.4) is 0 Å². The predicted octanol–water partition coefficient (Wildman–Crippen LogP) is 2.00. The highest BCUT2D eigenvalue weighted by molar-refractivity contribution is 6.15. The van der Waals surface area contributed by atoms with Crippen LogP contribution in [0.4, 0.5) is 10.5 Å². The lowest BCUT2D eigenvalue weighted by Gasteiger charge is -2.54. The van der Waals surface area contributed by atoms with Gasteiger partial charge >= 0.3 is 6.09 Å². The van der Waals surface area contributed by atoms with E-state index in [2.05, 4.69) is 10.6 Å². The minimum atomic E-state index is -0.691. The van der Waals surface area contributed by atoms with E-state index in [1.807, 2.05) is 39.0 Å². The Morgan fingerprint density at radius 1 is 1.14 bits per heavy atom. The van der Waals surface area contributed by atoms with Crippen molar-refractivity contribution >= 4 is 29.5 Å². The fraction of sp³-hybridized carbons (Fsp3) is 0.615. The number of hydrogen-bond donors (Lipinski definition) is 2. The smallest absolute Gasteiger partial charge is 0.410 e. The van der Waals surface area contributed by atoms with Crippen molar-refractivity contribution in [1.82, 2.24) is 15.5 Å². The number of imide groups is 1. The van der Waals surface area contributed by atoms with E-state index >= 15 is 0 Å². The third-order valence-electron chi connectivity index (χ3n) is 8.23. The topological polar surface area (TPSA) is 108 Å². The molecule has 1 saturated carbocycles. The van der Waals surface area contributed by atoms with Crippen molar-refractivity contribution in [2.24, 2.45) is 11.8 Å². The van der Waals surface area contributed by atoms with Gasteiger partial charge in [-0.1, -0.05) is 12.1 Å². The summed E-state index contributed by atoms with van der Waals surface area (Å²) in [5, 5.41) is 5.74. The van der Waals surface area contributed by atoms with E-state index in [1.54, 1.807) is 9.80 Å². The van der Waals surface area contributed by atoms with E-state index in [9.17, 15) is 19.2 Å². The van der Waals surface area contributed by atoms with Crippen molar-refractivity contribution < 1.29 is 23.9 Å². The van der Waals surface area contributed by atoms with E-state index < -0.39 is 23.0 Å². The number of rotatable bonds is 3. The highest BCUT2D eigenvalue weighted by Gasteiger charge is 2.63. The molecule has 4 amide bonds. The normalized spacial score (nSPS) is 29.5. The molecule has 2 N–H and O–H groups in total. The quantitative estimate of drug-likeness (QED) is 0.641. The van der Waals surface area contributed by atoms with Crippen LogP contribution in [0.15, 0.2) is 18.2 Å². The summed E-state index contributed by atoms with van der Waals surface area (Å²) in [6.07, 6.45) is 1.66. The summed E-state index contributed by atoms with van der Waals surface area (Å²) in [5.41, 5.74) is 1.48. The second-order valence-electron chi connectivity index (χ2n) is 11.6. The molecule has 3 saturated heterocycles. The van der Waals surface area contributed by atoms with Crippen LogP contribution in [-0.2, 0) is 24.5 Å². The van der Waals surface area contributed by atoms with Gasteiger partial charge in [0, 0.05) is 24.6 Å². The second-order valence-corrected chi connectivity index (χ2v) is 11.6. The van der Waals surface area contributed by atoms with Gasteiger partial charge in [-0.3, -0.25) is 24.6 Å². The SMILES string of the molecule is CC(C)(C)OC(=O)N1CC(C2CNC2)[C@@H]1c1cccc2c1C1(CC1)C(=O)N2[C@@H]1CCC(=O)NC1=O. The second kappa shape index (κ2) is 7.53. The zero-order valence-corrected chi connectivity index (χ0v) is 20.4. The molecule has 3 atom stereocenters. The van der Waals surface area contributed by atoms with Crippen LogP contribution in [0.25, 0.3) is 0 Å². The molecule has 1 aliphatic carbocycles. The van der Waals surface area contributed by atoms with Gasteiger partial charge in [-0.2, -0.15) is 0 Å². The first-order valence-electron chi connectivity index (χ1n) is 12.6. The predicted molar refractivity (Wildman–Crippen MR) is 127 cm³/mol. The number of amides is 4. The Hall–Kier alpha value is -2.94. The number of benzene rings is 1. The number of piperidine rings is 1. The number of carbonyl (C=O) groups is 4. The number of nitrogens with zero attached hydrogens (tertiary/aromatic N) is 2. The molecular weight excluding hydrogens is 448 g/mol. The molecule has 0 aromatic heterocycles. The van der Waals surface area contributed by atoms with Gasteiger partial charge in [0.05, 0.1) is 11.5 Å². The molecular formula is C26H32N4O5. The molecule has 5 aliphatic rings. The van der Waals surface area contributed by atoms with Crippen LogP contribution in [0, 0.1) is 11.8 Å². The van der Waals surface area contributed by atoms with E-state index in [0.29, 0.717) is 18.9 Å². The first-order valence-corrected chi connectivity index (χ1v) is 12.6. The summed E-state index contributed by atoms with van der Waals surface area (Å²) in [4.78, 5) is 54.8. The summed E-state index contributed by atoms with van der Waals surface area (Å²) in [6.45, 7) is 8.07. The Kier molecular flexibility index (Phi) is 4.84. The maximum Gasteiger partial charge on any atom is 0.410 e. The first kappa shape index (κ1) is 22.5. The summed E-state index contributed by atoms with van der Waals surface area (Å²) >= 11 is 0.